The molecule has 2 aromatic rings. The minimum atomic E-state index is -0.457. The molecule has 0 aliphatic heterocycles. The summed E-state index contributed by atoms with van der Waals surface area (Å²) in [6.07, 6.45) is 4.83. The highest BCUT2D eigenvalue weighted by Gasteiger charge is 2.24. The molecule has 0 spiro atoms. The number of aliphatic hydroxyl groups is 1. The number of carbonyl (C=O) groups is 1. The number of halogens is 1. The lowest BCUT2D eigenvalue weighted by molar-refractivity contribution is 0.0717. The van der Waals surface area contributed by atoms with Crippen LogP contribution in [0.2, 0.25) is 5.02 Å². The van der Waals surface area contributed by atoms with E-state index in [9.17, 15) is 9.90 Å². The molecule has 2 atom stereocenters. The van der Waals surface area contributed by atoms with Gasteiger partial charge in [-0.3, -0.25) is 9.78 Å². The Bertz CT molecular complexity index is 705. The minimum Gasteiger partial charge on any atom is -0.391 e. The van der Waals surface area contributed by atoms with Gasteiger partial charge in [-0.25, -0.2) is 0 Å². The lowest BCUT2D eigenvalue weighted by Gasteiger charge is -2.28. The van der Waals surface area contributed by atoms with Gasteiger partial charge >= 0.3 is 0 Å². The Kier molecular flexibility index (Phi) is 4.94. The van der Waals surface area contributed by atoms with E-state index in [0.717, 1.165) is 31.2 Å². The van der Waals surface area contributed by atoms with Crippen LogP contribution in [0.15, 0.2) is 42.6 Å². The Morgan fingerprint density at radius 2 is 2.04 bits per heavy atom. The van der Waals surface area contributed by atoms with E-state index < -0.39 is 6.10 Å². The smallest absolute Gasteiger partial charge is 0.251 e. The Morgan fingerprint density at radius 3 is 2.83 bits per heavy atom. The topological polar surface area (TPSA) is 62.2 Å². The number of benzene rings is 1. The summed E-state index contributed by atoms with van der Waals surface area (Å²) < 4.78 is 0. The van der Waals surface area contributed by atoms with Crippen molar-refractivity contribution in [2.45, 2.75) is 37.8 Å². The van der Waals surface area contributed by atoms with Gasteiger partial charge in [0.1, 0.15) is 0 Å². The summed E-state index contributed by atoms with van der Waals surface area (Å²) in [5.41, 5.74) is 2.00. The number of hydrogen-bond acceptors (Lipinski definition) is 3. The minimum absolute atomic E-state index is 0.168. The number of aliphatic hydroxyl groups excluding tert-OH is 1. The van der Waals surface area contributed by atoms with Crippen LogP contribution in [0, 0.1) is 0 Å². The Balaban J connectivity index is 1.79. The van der Waals surface area contributed by atoms with Gasteiger partial charge in [0.05, 0.1) is 22.9 Å². The Morgan fingerprint density at radius 1 is 1.22 bits per heavy atom. The van der Waals surface area contributed by atoms with E-state index in [0.29, 0.717) is 16.3 Å². The van der Waals surface area contributed by atoms with Crippen molar-refractivity contribution < 1.29 is 9.90 Å². The third-order valence-electron chi connectivity index (χ3n) is 4.20. The number of pyridine rings is 1. The third kappa shape index (κ3) is 3.71. The number of rotatable bonds is 3. The molecule has 3 rings (SSSR count). The second kappa shape index (κ2) is 7.11. The van der Waals surface area contributed by atoms with Crippen LogP contribution in [-0.4, -0.2) is 28.1 Å². The molecule has 0 unspecified atom stereocenters. The average Bonchev–Trinajstić information content (AvgIpc) is 2.57. The lowest BCUT2D eigenvalue weighted by atomic mass is 9.92. The maximum Gasteiger partial charge on any atom is 0.251 e. The molecule has 4 nitrogen and oxygen atoms in total. The number of aromatic nitrogens is 1. The predicted molar refractivity (Wildman–Crippen MR) is 90.4 cm³/mol. The molecule has 0 bridgehead atoms. The zero-order chi connectivity index (χ0) is 16.2. The first-order valence-corrected chi connectivity index (χ1v) is 8.23. The van der Waals surface area contributed by atoms with Crippen LogP contribution in [0.4, 0.5) is 0 Å². The molecule has 1 aromatic carbocycles. The molecule has 2 N–H and O–H groups in total. The summed E-state index contributed by atoms with van der Waals surface area (Å²) in [4.78, 5) is 16.7. The van der Waals surface area contributed by atoms with Crippen molar-refractivity contribution in [1.82, 2.24) is 10.3 Å². The predicted octanol–water partition coefficient (Wildman–Crippen LogP) is 3.44. The van der Waals surface area contributed by atoms with Crippen molar-refractivity contribution in [3.05, 3.63) is 53.2 Å². The molecule has 5 heteroatoms. The average molecular weight is 331 g/mol. The van der Waals surface area contributed by atoms with Gasteiger partial charge in [-0.1, -0.05) is 36.6 Å². The Labute approximate surface area is 140 Å². The number of carbonyl (C=O) groups excluding carboxylic acids is 1. The molecule has 1 fully saturated rings. The van der Waals surface area contributed by atoms with Crippen molar-refractivity contribution in [3.8, 4) is 11.3 Å². The van der Waals surface area contributed by atoms with E-state index in [1.807, 2.05) is 12.1 Å². The molecular formula is C18H19ClN2O2. The van der Waals surface area contributed by atoms with E-state index in [1.54, 1.807) is 30.5 Å². The van der Waals surface area contributed by atoms with Gasteiger partial charge in [-0.05, 0) is 37.1 Å². The standard InChI is InChI=1S/C18H19ClN2O2/c19-14-7-4-10-20-17(14)12-5-3-6-13(11-12)18(23)21-15-8-1-2-9-16(15)22/h3-7,10-11,15-16,22H,1-2,8-9H2,(H,21,23)/t15-,16-/m0/s1. The first-order valence-electron chi connectivity index (χ1n) is 7.85. The summed E-state index contributed by atoms with van der Waals surface area (Å²) in [6, 6.07) is 10.6. The highest BCUT2D eigenvalue weighted by molar-refractivity contribution is 6.33. The largest absolute Gasteiger partial charge is 0.391 e. The van der Waals surface area contributed by atoms with Crippen LogP contribution in [0.25, 0.3) is 11.3 Å². The molecule has 1 aliphatic carbocycles. The van der Waals surface area contributed by atoms with Crippen molar-refractivity contribution in [2.75, 3.05) is 0 Å². The summed E-state index contributed by atoms with van der Waals surface area (Å²) in [5.74, 6) is -0.176. The van der Waals surface area contributed by atoms with Crippen molar-refractivity contribution in [2.24, 2.45) is 0 Å². The van der Waals surface area contributed by atoms with Gasteiger partial charge in [-0.2, -0.15) is 0 Å². The van der Waals surface area contributed by atoms with E-state index in [1.165, 1.54) is 0 Å². The monoisotopic (exact) mass is 330 g/mol. The quantitative estimate of drug-likeness (QED) is 0.906. The van der Waals surface area contributed by atoms with Crippen molar-refractivity contribution in [3.63, 3.8) is 0 Å². The highest BCUT2D eigenvalue weighted by Crippen LogP contribution is 2.26. The first kappa shape index (κ1) is 16.0. The van der Waals surface area contributed by atoms with Gasteiger partial charge in [-0.15, -0.1) is 0 Å². The molecule has 1 saturated carbocycles. The summed E-state index contributed by atoms with van der Waals surface area (Å²) >= 11 is 6.17. The highest BCUT2D eigenvalue weighted by atomic mass is 35.5. The van der Waals surface area contributed by atoms with Crippen LogP contribution >= 0.6 is 11.6 Å². The Hall–Kier alpha value is -1.91. The fourth-order valence-electron chi connectivity index (χ4n) is 2.94. The molecule has 1 aromatic heterocycles. The number of nitrogens with one attached hydrogen (secondary N) is 1. The SMILES string of the molecule is O=C(N[C@H]1CCCC[C@@H]1O)c1cccc(-c2ncccc2Cl)c1. The second-order valence-corrected chi connectivity index (χ2v) is 6.25. The van der Waals surface area contributed by atoms with Crippen molar-refractivity contribution >= 4 is 17.5 Å². The van der Waals surface area contributed by atoms with Crippen molar-refractivity contribution in [1.29, 1.82) is 0 Å². The zero-order valence-electron chi connectivity index (χ0n) is 12.7. The maximum absolute atomic E-state index is 12.5. The molecule has 1 amide bonds. The van der Waals surface area contributed by atoms with Gasteiger partial charge in [0.25, 0.3) is 5.91 Å². The van der Waals surface area contributed by atoms with Crippen LogP contribution < -0.4 is 5.32 Å². The summed E-state index contributed by atoms with van der Waals surface area (Å²) in [6.45, 7) is 0. The van der Waals surface area contributed by atoms with Crippen LogP contribution in [0.5, 0.6) is 0 Å². The van der Waals surface area contributed by atoms with Crippen LogP contribution in [-0.2, 0) is 0 Å². The second-order valence-electron chi connectivity index (χ2n) is 5.85. The maximum atomic E-state index is 12.5. The summed E-state index contributed by atoms with van der Waals surface area (Å²) in [5, 5.41) is 13.5. The van der Waals surface area contributed by atoms with E-state index in [2.05, 4.69) is 10.3 Å². The number of hydrogen-bond donors (Lipinski definition) is 2. The number of nitrogens with zero attached hydrogens (tertiary/aromatic N) is 1. The molecule has 120 valence electrons. The van der Waals surface area contributed by atoms with E-state index in [-0.39, 0.29) is 11.9 Å². The van der Waals surface area contributed by atoms with E-state index >= 15 is 0 Å². The fraction of sp³-hybridized carbons (Fsp3) is 0.333. The fourth-order valence-corrected chi connectivity index (χ4v) is 3.17. The number of amides is 1. The molecule has 0 radical (unpaired) electrons. The zero-order valence-corrected chi connectivity index (χ0v) is 13.5. The van der Waals surface area contributed by atoms with E-state index in [4.69, 9.17) is 11.6 Å². The van der Waals surface area contributed by atoms with Gasteiger partial charge in [0.2, 0.25) is 0 Å². The molecule has 1 aliphatic rings. The molecule has 1 heterocycles. The van der Waals surface area contributed by atoms with Crippen LogP contribution in [0.3, 0.4) is 0 Å². The lowest BCUT2D eigenvalue weighted by Crippen LogP contribution is -2.45. The van der Waals surface area contributed by atoms with Crippen LogP contribution in [0.1, 0.15) is 36.0 Å². The molecular weight excluding hydrogens is 312 g/mol. The molecule has 23 heavy (non-hydrogen) atoms. The normalized spacial score (nSPS) is 21.0. The molecule has 0 saturated heterocycles. The van der Waals surface area contributed by atoms with Gasteiger partial charge in [0, 0.05) is 17.3 Å². The third-order valence-corrected chi connectivity index (χ3v) is 4.51. The summed E-state index contributed by atoms with van der Waals surface area (Å²) in [7, 11) is 0. The first-order chi connectivity index (χ1) is 11.1. The van der Waals surface area contributed by atoms with Gasteiger partial charge in [0.15, 0.2) is 0 Å². The van der Waals surface area contributed by atoms with Gasteiger partial charge < -0.3 is 10.4 Å².